The molecule has 166 valence electrons. The summed E-state index contributed by atoms with van der Waals surface area (Å²) in [5, 5.41) is 12.7. The van der Waals surface area contributed by atoms with E-state index in [4.69, 9.17) is 4.98 Å². The Morgan fingerprint density at radius 2 is 1.76 bits per heavy atom. The van der Waals surface area contributed by atoms with E-state index < -0.39 is 11.9 Å². The van der Waals surface area contributed by atoms with Crippen LogP contribution in [0.15, 0.2) is 64.5 Å². The first-order valence-electron chi connectivity index (χ1n) is 11.1. The second-order valence-electron chi connectivity index (χ2n) is 8.38. The van der Waals surface area contributed by atoms with Crippen molar-refractivity contribution in [3.05, 3.63) is 81.4 Å². The average Bonchev–Trinajstić information content (AvgIpc) is 3.22. The number of carboxylic acids is 1. The number of aromatic nitrogens is 2. The molecule has 1 aromatic heterocycles. The standard InChI is InChI=1S/C26H23N3O4/c30-24(19-8-4-5-9-20(19)26(32)33)27-18-10-11-21-22(15-18)28-23-17(12-13-29(23)25(21)31)14-16-6-2-1-3-7-16/h1-3,6-7,10-11,14-15H,4-5,8-9,12-13H2,(H,27,30)(H,32,33)/b17-14+. The van der Waals surface area contributed by atoms with E-state index in [1.807, 2.05) is 36.4 Å². The van der Waals surface area contributed by atoms with Gasteiger partial charge in [-0.2, -0.15) is 0 Å². The Kier molecular flexibility index (Phi) is 5.38. The normalized spacial score (nSPS) is 16.8. The van der Waals surface area contributed by atoms with Crippen LogP contribution in [0.25, 0.3) is 22.6 Å². The molecule has 0 saturated carbocycles. The lowest BCUT2D eigenvalue weighted by atomic mass is 9.91. The number of anilines is 1. The van der Waals surface area contributed by atoms with Crippen molar-refractivity contribution in [3.8, 4) is 0 Å². The van der Waals surface area contributed by atoms with Gasteiger partial charge in [0.25, 0.3) is 11.5 Å². The fourth-order valence-electron chi connectivity index (χ4n) is 4.58. The van der Waals surface area contributed by atoms with Crippen molar-refractivity contribution in [2.45, 2.75) is 38.6 Å². The summed E-state index contributed by atoms with van der Waals surface area (Å²) in [7, 11) is 0. The van der Waals surface area contributed by atoms with Crippen LogP contribution in [-0.4, -0.2) is 26.5 Å². The van der Waals surface area contributed by atoms with Crippen LogP contribution < -0.4 is 10.9 Å². The molecule has 0 bridgehead atoms. The summed E-state index contributed by atoms with van der Waals surface area (Å²) < 4.78 is 1.70. The third-order valence-electron chi connectivity index (χ3n) is 6.25. The van der Waals surface area contributed by atoms with Crippen LogP contribution in [-0.2, 0) is 16.1 Å². The van der Waals surface area contributed by atoms with Gasteiger partial charge in [0.15, 0.2) is 0 Å². The first kappa shape index (κ1) is 20.9. The van der Waals surface area contributed by atoms with Crippen molar-refractivity contribution in [2.75, 3.05) is 5.32 Å². The monoisotopic (exact) mass is 441 g/mol. The van der Waals surface area contributed by atoms with E-state index in [9.17, 15) is 19.5 Å². The molecule has 7 nitrogen and oxygen atoms in total. The zero-order valence-corrected chi connectivity index (χ0v) is 18.0. The minimum absolute atomic E-state index is 0.104. The Morgan fingerprint density at radius 3 is 2.52 bits per heavy atom. The van der Waals surface area contributed by atoms with Gasteiger partial charge in [-0.05, 0) is 67.5 Å². The number of fused-ring (bicyclic) bond motifs is 2. The molecule has 2 aromatic carbocycles. The number of hydrogen-bond donors (Lipinski definition) is 2. The Labute approximate surface area is 190 Å². The predicted octanol–water partition coefficient (Wildman–Crippen LogP) is 4.23. The Morgan fingerprint density at radius 1 is 1.00 bits per heavy atom. The zero-order chi connectivity index (χ0) is 22.9. The number of benzene rings is 2. The Hall–Kier alpha value is -4.00. The highest BCUT2D eigenvalue weighted by Gasteiger charge is 2.24. The molecule has 0 unspecified atom stereocenters. The molecule has 7 heteroatoms. The van der Waals surface area contributed by atoms with Crippen LogP contribution in [0.5, 0.6) is 0 Å². The first-order valence-corrected chi connectivity index (χ1v) is 11.1. The van der Waals surface area contributed by atoms with Crippen molar-refractivity contribution in [1.82, 2.24) is 9.55 Å². The Bertz CT molecular complexity index is 1400. The van der Waals surface area contributed by atoms with E-state index >= 15 is 0 Å². The topological polar surface area (TPSA) is 101 Å². The lowest BCUT2D eigenvalue weighted by molar-refractivity contribution is -0.133. The largest absolute Gasteiger partial charge is 0.478 e. The maximum absolute atomic E-state index is 13.1. The maximum Gasteiger partial charge on any atom is 0.332 e. The molecule has 2 heterocycles. The highest BCUT2D eigenvalue weighted by molar-refractivity contribution is 6.09. The lowest BCUT2D eigenvalue weighted by Gasteiger charge is -2.17. The molecule has 1 aliphatic heterocycles. The minimum Gasteiger partial charge on any atom is -0.478 e. The number of nitrogens with zero attached hydrogens (tertiary/aromatic N) is 2. The zero-order valence-electron chi connectivity index (χ0n) is 18.0. The summed E-state index contributed by atoms with van der Waals surface area (Å²) in [6.45, 7) is 0.584. The van der Waals surface area contributed by atoms with Gasteiger partial charge in [-0.3, -0.25) is 14.2 Å². The summed E-state index contributed by atoms with van der Waals surface area (Å²) >= 11 is 0. The van der Waals surface area contributed by atoms with Crippen molar-refractivity contribution in [3.63, 3.8) is 0 Å². The van der Waals surface area contributed by atoms with Gasteiger partial charge in [0.2, 0.25) is 0 Å². The third kappa shape index (κ3) is 3.98. The molecular formula is C26H23N3O4. The molecule has 0 spiro atoms. The van der Waals surface area contributed by atoms with E-state index in [1.54, 1.807) is 22.8 Å². The summed E-state index contributed by atoms with van der Waals surface area (Å²) in [6.07, 6.45) is 5.18. The molecule has 1 aliphatic carbocycles. The third-order valence-corrected chi connectivity index (χ3v) is 6.25. The molecule has 0 fully saturated rings. The quantitative estimate of drug-likeness (QED) is 0.631. The van der Waals surface area contributed by atoms with E-state index in [2.05, 4.69) is 5.32 Å². The number of carbonyl (C=O) groups excluding carboxylic acids is 1. The van der Waals surface area contributed by atoms with Crippen LogP contribution in [0.3, 0.4) is 0 Å². The molecule has 1 amide bonds. The molecule has 3 aromatic rings. The maximum atomic E-state index is 13.1. The van der Waals surface area contributed by atoms with Crippen LogP contribution >= 0.6 is 0 Å². The summed E-state index contributed by atoms with van der Waals surface area (Å²) in [5.74, 6) is -0.807. The van der Waals surface area contributed by atoms with Crippen molar-refractivity contribution >= 4 is 40.1 Å². The molecule has 2 N–H and O–H groups in total. The second-order valence-corrected chi connectivity index (χ2v) is 8.38. The van der Waals surface area contributed by atoms with E-state index in [0.717, 1.165) is 30.4 Å². The highest BCUT2D eigenvalue weighted by Crippen LogP contribution is 2.29. The van der Waals surface area contributed by atoms with Gasteiger partial charge in [-0.1, -0.05) is 30.3 Å². The molecular weight excluding hydrogens is 418 g/mol. The predicted molar refractivity (Wildman–Crippen MR) is 127 cm³/mol. The van der Waals surface area contributed by atoms with Gasteiger partial charge >= 0.3 is 5.97 Å². The molecule has 5 rings (SSSR count). The number of carboxylic acid groups (broad SMARTS) is 1. The first-order chi connectivity index (χ1) is 16.0. The van der Waals surface area contributed by atoms with Crippen molar-refractivity contribution in [1.29, 1.82) is 0 Å². The smallest absolute Gasteiger partial charge is 0.332 e. The number of hydrogen-bond acceptors (Lipinski definition) is 4. The molecule has 2 aliphatic rings. The van der Waals surface area contributed by atoms with Gasteiger partial charge in [0, 0.05) is 23.4 Å². The Balaban J connectivity index is 1.51. The summed E-state index contributed by atoms with van der Waals surface area (Å²) in [5.41, 5.74) is 3.43. The van der Waals surface area contributed by atoms with Gasteiger partial charge in [-0.25, -0.2) is 9.78 Å². The lowest BCUT2D eigenvalue weighted by Crippen LogP contribution is -2.22. The average molecular weight is 441 g/mol. The summed E-state index contributed by atoms with van der Waals surface area (Å²) in [6, 6.07) is 14.9. The number of nitrogens with one attached hydrogen (secondary N) is 1. The molecule has 0 radical (unpaired) electrons. The van der Waals surface area contributed by atoms with E-state index in [0.29, 0.717) is 47.4 Å². The van der Waals surface area contributed by atoms with E-state index in [1.165, 1.54) is 0 Å². The highest BCUT2D eigenvalue weighted by atomic mass is 16.4. The van der Waals surface area contributed by atoms with Crippen LogP contribution in [0.1, 0.15) is 43.5 Å². The number of rotatable bonds is 4. The number of amides is 1. The van der Waals surface area contributed by atoms with Gasteiger partial charge in [0.05, 0.1) is 10.9 Å². The van der Waals surface area contributed by atoms with Crippen LogP contribution in [0.2, 0.25) is 0 Å². The van der Waals surface area contributed by atoms with Crippen molar-refractivity contribution < 1.29 is 14.7 Å². The van der Waals surface area contributed by atoms with Crippen molar-refractivity contribution in [2.24, 2.45) is 0 Å². The summed E-state index contributed by atoms with van der Waals surface area (Å²) in [4.78, 5) is 42.1. The molecule has 0 atom stereocenters. The SMILES string of the molecule is O=C(O)C1=C(C(=O)Nc2ccc3c(=O)n4c(nc3c2)/C(=C/c2ccccc2)CC4)CCCC1. The number of aliphatic carboxylic acids is 1. The fraction of sp³-hybridized carbons (Fsp3) is 0.231. The van der Waals surface area contributed by atoms with Crippen LogP contribution in [0.4, 0.5) is 5.69 Å². The second kappa shape index (κ2) is 8.50. The number of carbonyl (C=O) groups is 2. The molecule has 33 heavy (non-hydrogen) atoms. The van der Waals surface area contributed by atoms with Gasteiger partial charge < -0.3 is 10.4 Å². The number of allylic oxidation sites excluding steroid dienone is 1. The van der Waals surface area contributed by atoms with Gasteiger partial charge in [-0.15, -0.1) is 0 Å². The molecule has 0 saturated heterocycles. The van der Waals surface area contributed by atoms with Gasteiger partial charge in [0.1, 0.15) is 5.82 Å². The fourth-order valence-corrected chi connectivity index (χ4v) is 4.58. The van der Waals surface area contributed by atoms with E-state index in [-0.39, 0.29) is 11.1 Å². The van der Waals surface area contributed by atoms with Crippen LogP contribution in [0, 0.1) is 0 Å². The minimum atomic E-state index is -1.04.